The number of Topliss-reactive ketones (excluding diaryl/α,β-unsaturated/α-hetero) is 1. The summed E-state index contributed by atoms with van der Waals surface area (Å²) in [7, 11) is 0. The maximum absolute atomic E-state index is 12.7. The van der Waals surface area contributed by atoms with Gasteiger partial charge < -0.3 is 26.4 Å². The van der Waals surface area contributed by atoms with Crippen LogP contribution < -0.4 is 21.7 Å². The molecule has 1 aromatic carbocycles. The lowest BCUT2D eigenvalue weighted by Crippen LogP contribution is -2.53. The van der Waals surface area contributed by atoms with Crippen LogP contribution in [-0.2, 0) is 20.7 Å². The molecule has 0 bridgehead atoms. The zero-order chi connectivity index (χ0) is 23.1. The molecule has 0 spiro atoms. The number of hydrogen-bond donors (Lipinski definition) is 4. The zero-order valence-corrected chi connectivity index (χ0v) is 18.1. The number of amides is 3. The van der Waals surface area contributed by atoms with Crippen LogP contribution in [0.5, 0.6) is 0 Å². The SMILES string of the molecule is C=CCOC(=O)N[C@H](C(=O)NC(C)C(=O)Nc1ccc(N)c2c1CCCC2=O)C(C)C. The van der Waals surface area contributed by atoms with Crippen LogP contribution in [0, 0.1) is 5.92 Å². The number of ether oxygens (including phenoxy) is 1. The number of carbonyl (C=O) groups excluding carboxylic acids is 4. The van der Waals surface area contributed by atoms with E-state index in [0.717, 1.165) is 5.56 Å². The first-order valence-electron chi connectivity index (χ1n) is 10.3. The van der Waals surface area contributed by atoms with Gasteiger partial charge in [-0.3, -0.25) is 14.4 Å². The molecule has 0 saturated carbocycles. The summed E-state index contributed by atoms with van der Waals surface area (Å²) in [5.74, 6) is -1.23. The van der Waals surface area contributed by atoms with E-state index in [0.29, 0.717) is 36.2 Å². The van der Waals surface area contributed by atoms with Crippen molar-refractivity contribution in [3.05, 3.63) is 35.9 Å². The maximum atomic E-state index is 12.7. The van der Waals surface area contributed by atoms with Crippen LogP contribution in [-0.4, -0.2) is 42.4 Å². The fourth-order valence-electron chi connectivity index (χ4n) is 3.37. The Morgan fingerprint density at radius 1 is 1.16 bits per heavy atom. The molecule has 0 radical (unpaired) electrons. The van der Waals surface area contributed by atoms with Crippen LogP contribution in [0.1, 0.15) is 49.5 Å². The maximum Gasteiger partial charge on any atom is 0.408 e. The van der Waals surface area contributed by atoms with E-state index >= 15 is 0 Å². The van der Waals surface area contributed by atoms with Gasteiger partial charge in [0.2, 0.25) is 11.8 Å². The average Bonchev–Trinajstić information content (AvgIpc) is 2.72. The second-order valence-electron chi connectivity index (χ2n) is 7.81. The molecule has 2 rings (SSSR count). The Hall–Kier alpha value is -3.36. The van der Waals surface area contributed by atoms with Gasteiger partial charge in [-0.2, -0.15) is 0 Å². The van der Waals surface area contributed by atoms with Crippen molar-refractivity contribution in [3.63, 3.8) is 0 Å². The fourth-order valence-corrected chi connectivity index (χ4v) is 3.37. The lowest BCUT2D eigenvalue weighted by atomic mass is 9.88. The molecule has 168 valence electrons. The Balaban J connectivity index is 2.06. The molecule has 1 unspecified atom stereocenters. The minimum atomic E-state index is -0.882. The summed E-state index contributed by atoms with van der Waals surface area (Å²) in [6.45, 7) is 8.54. The summed E-state index contributed by atoms with van der Waals surface area (Å²) in [6, 6.07) is 1.49. The molecule has 9 heteroatoms. The minimum absolute atomic E-state index is 0.0193. The highest BCUT2D eigenvalue weighted by molar-refractivity contribution is 6.06. The molecule has 0 saturated heterocycles. The molecule has 2 atom stereocenters. The van der Waals surface area contributed by atoms with Crippen LogP contribution in [0.25, 0.3) is 0 Å². The number of nitrogens with one attached hydrogen (secondary N) is 3. The third kappa shape index (κ3) is 6.07. The molecular formula is C22H30N4O5. The van der Waals surface area contributed by atoms with Gasteiger partial charge >= 0.3 is 6.09 Å². The van der Waals surface area contributed by atoms with Crippen molar-refractivity contribution in [1.29, 1.82) is 0 Å². The number of carbonyl (C=O) groups is 4. The Labute approximate surface area is 181 Å². The van der Waals surface area contributed by atoms with Gasteiger partial charge in [0, 0.05) is 23.4 Å². The van der Waals surface area contributed by atoms with E-state index in [1.165, 1.54) is 13.0 Å². The molecule has 0 aromatic heterocycles. The van der Waals surface area contributed by atoms with Gasteiger partial charge in [0.05, 0.1) is 0 Å². The number of nitrogens with two attached hydrogens (primary N) is 1. The highest BCUT2D eigenvalue weighted by Gasteiger charge is 2.28. The molecule has 3 amide bonds. The summed E-state index contributed by atoms with van der Waals surface area (Å²) in [6.07, 6.45) is 2.42. The normalized spacial score (nSPS) is 14.8. The number of rotatable bonds is 8. The molecule has 1 aromatic rings. The molecule has 0 fully saturated rings. The average molecular weight is 431 g/mol. The second kappa shape index (κ2) is 10.6. The Kier molecular flexibility index (Phi) is 8.18. The zero-order valence-electron chi connectivity index (χ0n) is 18.1. The fraction of sp³-hybridized carbons (Fsp3) is 0.455. The van der Waals surface area contributed by atoms with E-state index in [4.69, 9.17) is 10.5 Å². The summed E-state index contributed by atoms with van der Waals surface area (Å²) in [4.78, 5) is 49.3. The molecule has 31 heavy (non-hydrogen) atoms. The first-order valence-corrected chi connectivity index (χ1v) is 10.3. The molecular weight excluding hydrogens is 400 g/mol. The molecule has 0 heterocycles. The van der Waals surface area contributed by atoms with E-state index in [1.54, 1.807) is 26.0 Å². The summed E-state index contributed by atoms with van der Waals surface area (Å²) in [5, 5.41) is 7.88. The standard InChI is InChI=1S/C22H30N4O5/c1-5-11-31-22(30)26-19(12(2)3)21(29)24-13(4)20(28)25-16-10-9-15(23)18-14(16)7-6-8-17(18)27/h5,9-10,12-13,19H,1,6-8,11,23H2,2-4H3,(H,24,29)(H,25,28)(H,26,30)/t13?,19-/m0/s1. The van der Waals surface area contributed by atoms with Crippen LogP contribution >= 0.6 is 0 Å². The third-order valence-corrected chi connectivity index (χ3v) is 5.02. The van der Waals surface area contributed by atoms with Crippen molar-refractivity contribution in [2.24, 2.45) is 5.92 Å². The number of ketones is 1. The van der Waals surface area contributed by atoms with Gasteiger partial charge in [0.15, 0.2) is 5.78 Å². The van der Waals surface area contributed by atoms with Crippen LogP contribution in [0.15, 0.2) is 24.8 Å². The topological polar surface area (TPSA) is 140 Å². The highest BCUT2D eigenvalue weighted by atomic mass is 16.5. The minimum Gasteiger partial charge on any atom is -0.445 e. The Morgan fingerprint density at radius 3 is 2.52 bits per heavy atom. The molecule has 9 nitrogen and oxygen atoms in total. The number of alkyl carbamates (subject to hydrolysis) is 1. The van der Waals surface area contributed by atoms with Crippen molar-refractivity contribution >= 4 is 35.1 Å². The van der Waals surface area contributed by atoms with E-state index < -0.39 is 30.0 Å². The molecule has 1 aliphatic rings. The summed E-state index contributed by atoms with van der Waals surface area (Å²) in [5.41, 5.74) is 8.03. The first kappa shape index (κ1) is 23.9. The summed E-state index contributed by atoms with van der Waals surface area (Å²) >= 11 is 0. The van der Waals surface area contributed by atoms with Crippen molar-refractivity contribution < 1.29 is 23.9 Å². The van der Waals surface area contributed by atoms with E-state index in [1.807, 2.05) is 0 Å². The first-order chi connectivity index (χ1) is 14.6. The van der Waals surface area contributed by atoms with E-state index in [9.17, 15) is 19.2 Å². The van der Waals surface area contributed by atoms with E-state index in [-0.39, 0.29) is 18.3 Å². The van der Waals surface area contributed by atoms with Gasteiger partial charge in [-0.25, -0.2) is 4.79 Å². The van der Waals surface area contributed by atoms with Gasteiger partial charge in [-0.15, -0.1) is 0 Å². The van der Waals surface area contributed by atoms with Gasteiger partial charge in [0.1, 0.15) is 18.7 Å². The van der Waals surface area contributed by atoms with Gasteiger partial charge in [0.25, 0.3) is 0 Å². The number of hydrogen-bond acceptors (Lipinski definition) is 6. The van der Waals surface area contributed by atoms with Crippen LogP contribution in [0.2, 0.25) is 0 Å². The largest absolute Gasteiger partial charge is 0.445 e. The Morgan fingerprint density at radius 2 is 1.87 bits per heavy atom. The van der Waals surface area contributed by atoms with Crippen molar-refractivity contribution in [3.8, 4) is 0 Å². The van der Waals surface area contributed by atoms with Crippen molar-refractivity contribution in [2.75, 3.05) is 17.7 Å². The van der Waals surface area contributed by atoms with E-state index in [2.05, 4.69) is 22.5 Å². The number of benzene rings is 1. The van der Waals surface area contributed by atoms with Gasteiger partial charge in [-0.05, 0) is 43.4 Å². The number of nitrogen functional groups attached to an aromatic ring is 1. The summed E-state index contributed by atoms with van der Waals surface area (Å²) < 4.78 is 4.86. The number of anilines is 2. The monoisotopic (exact) mass is 430 g/mol. The molecule has 1 aliphatic carbocycles. The van der Waals surface area contributed by atoms with Gasteiger partial charge in [-0.1, -0.05) is 26.5 Å². The predicted octanol–water partition coefficient (Wildman–Crippen LogP) is 2.17. The third-order valence-electron chi connectivity index (χ3n) is 5.02. The lowest BCUT2D eigenvalue weighted by molar-refractivity contribution is -0.128. The quantitative estimate of drug-likeness (QED) is 0.368. The van der Waals surface area contributed by atoms with Crippen LogP contribution in [0.3, 0.4) is 0 Å². The Bertz CT molecular complexity index is 881. The molecule has 5 N–H and O–H groups in total. The smallest absolute Gasteiger partial charge is 0.408 e. The number of fused-ring (bicyclic) bond motifs is 1. The highest BCUT2D eigenvalue weighted by Crippen LogP contribution is 2.32. The van der Waals surface area contributed by atoms with Crippen molar-refractivity contribution in [2.45, 2.75) is 52.1 Å². The van der Waals surface area contributed by atoms with Crippen molar-refractivity contribution in [1.82, 2.24) is 10.6 Å². The lowest BCUT2D eigenvalue weighted by Gasteiger charge is -2.24. The van der Waals surface area contributed by atoms with Crippen LogP contribution in [0.4, 0.5) is 16.2 Å². The second-order valence-corrected chi connectivity index (χ2v) is 7.81. The molecule has 0 aliphatic heterocycles. The predicted molar refractivity (Wildman–Crippen MR) is 118 cm³/mol.